The van der Waals surface area contributed by atoms with E-state index in [4.69, 9.17) is 17.3 Å². The van der Waals surface area contributed by atoms with Crippen LogP contribution in [0.5, 0.6) is 0 Å². The highest BCUT2D eigenvalue weighted by Gasteiger charge is 2.12. The molecule has 2 aromatic carbocycles. The summed E-state index contributed by atoms with van der Waals surface area (Å²) in [6.45, 7) is 0. The molecule has 0 bridgehead atoms. The molecule has 0 fully saturated rings. The summed E-state index contributed by atoms with van der Waals surface area (Å²) in [5, 5.41) is 2.96. The van der Waals surface area contributed by atoms with Gasteiger partial charge in [-0.25, -0.2) is 8.78 Å². The van der Waals surface area contributed by atoms with Gasteiger partial charge in [-0.3, -0.25) is 0 Å². The van der Waals surface area contributed by atoms with Gasteiger partial charge in [-0.15, -0.1) is 0 Å². The minimum absolute atomic E-state index is 0.0240. The zero-order chi connectivity index (χ0) is 13.3. The maximum absolute atomic E-state index is 13.6. The van der Waals surface area contributed by atoms with Crippen molar-refractivity contribution in [2.45, 2.75) is 0 Å². The van der Waals surface area contributed by atoms with E-state index >= 15 is 0 Å². The second-order valence-corrected chi connectivity index (χ2v) is 4.93. The number of anilines is 3. The molecule has 2 rings (SSSR count). The summed E-state index contributed by atoms with van der Waals surface area (Å²) in [4.78, 5) is 0. The molecule has 0 unspecified atom stereocenters. The Morgan fingerprint density at radius 3 is 2.33 bits per heavy atom. The Morgan fingerprint density at radius 2 is 1.72 bits per heavy atom. The van der Waals surface area contributed by atoms with Crippen molar-refractivity contribution in [1.82, 2.24) is 0 Å². The van der Waals surface area contributed by atoms with E-state index < -0.39 is 11.6 Å². The zero-order valence-electron chi connectivity index (χ0n) is 8.98. The quantitative estimate of drug-likeness (QED) is 0.781. The van der Waals surface area contributed by atoms with Gasteiger partial charge < -0.3 is 11.1 Å². The van der Waals surface area contributed by atoms with Crippen molar-refractivity contribution in [3.05, 3.63) is 51.5 Å². The molecular weight excluding hydrogens is 325 g/mol. The van der Waals surface area contributed by atoms with E-state index in [0.29, 0.717) is 10.7 Å². The van der Waals surface area contributed by atoms with E-state index in [1.54, 1.807) is 18.2 Å². The van der Waals surface area contributed by atoms with Crippen LogP contribution < -0.4 is 11.1 Å². The predicted octanol–water partition coefficient (Wildman–Crippen LogP) is 4.71. The SMILES string of the molecule is Nc1cc(F)c(Nc2cc(Br)ccc2Cl)c(F)c1. The van der Waals surface area contributed by atoms with Gasteiger partial charge in [-0.05, 0) is 30.3 Å². The van der Waals surface area contributed by atoms with Gasteiger partial charge in [0, 0.05) is 10.2 Å². The van der Waals surface area contributed by atoms with Gasteiger partial charge in [0.25, 0.3) is 0 Å². The molecular formula is C12H8BrClF2N2. The number of nitrogens with two attached hydrogens (primary N) is 1. The van der Waals surface area contributed by atoms with Crippen LogP contribution in [0.25, 0.3) is 0 Å². The zero-order valence-corrected chi connectivity index (χ0v) is 11.3. The Kier molecular flexibility index (Phi) is 3.73. The fourth-order valence-corrected chi connectivity index (χ4v) is 1.97. The van der Waals surface area contributed by atoms with Crippen molar-refractivity contribution in [1.29, 1.82) is 0 Å². The van der Waals surface area contributed by atoms with Gasteiger partial charge in [0.05, 0.1) is 10.7 Å². The van der Waals surface area contributed by atoms with Gasteiger partial charge in [0.15, 0.2) is 11.6 Å². The van der Waals surface area contributed by atoms with E-state index in [1.165, 1.54) is 0 Å². The molecule has 2 aromatic rings. The number of nitrogen functional groups attached to an aromatic ring is 1. The third-order valence-corrected chi connectivity index (χ3v) is 3.08. The monoisotopic (exact) mass is 332 g/mol. The summed E-state index contributed by atoms with van der Waals surface area (Å²) in [7, 11) is 0. The number of hydrogen-bond acceptors (Lipinski definition) is 2. The Labute approximate surface area is 116 Å². The molecule has 18 heavy (non-hydrogen) atoms. The number of nitrogens with one attached hydrogen (secondary N) is 1. The minimum atomic E-state index is -0.774. The predicted molar refractivity (Wildman–Crippen MR) is 73.2 cm³/mol. The molecule has 0 heterocycles. The highest BCUT2D eigenvalue weighted by atomic mass is 79.9. The van der Waals surface area contributed by atoms with Crippen molar-refractivity contribution in [2.75, 3.05) is 11.1 Å². The third kappa shape index (κ3) is 2.73. The lowest BCUT2D eigenvalue weighted by Gasteiger charge is -2.11. The molecule has 0 aliphatic heterocycles. The lowest BCUT2D eigenvalue weighted by Crippen LogP contribution is -2.00. The molecule has 0 saturated carbocycles. The van der Waals surface area contributed by atoms with Gasteiger partial charge in [-0.2, -0.15) is 0 Å². The van der Waals surface area contributed by atoms with Crippen molar-refractivity contribution in [2.24, 2.45) is 0 Å². The Morgan fingerprint density at radius 1 is 1.11 bits per heavy atom. The Balaban J connectivity index is 2.43. The van der Waals surface area contributed by atoms with Crippen molar-refractivity contribution >= 4 is 44.6 Å². The summed E-state index contributed by atoms with van der Waals surface area (Å²) in [6, 6.07) is 7.04. The third-order valence-electron chi connectivity index (χ3n) is 2.25. The van der Waals surface area contributed by atoms with E-state index in [0.717, 1.165) is 16.6 Å². The topological polar surface area (TPSA) is 38.0 Å². The van der Waals surface area contributed by atoms with Gasteiger partial charge in [0.1, 0.15) is 5.69 Å². The standard InChI is InChI=1S/C12H8BrClF2N2/c13-6-1-2-8(14)11(3-6)18-12-9(15)4-7(17)5-10(12)16/h1-5,18H,17H2. The number of halogens is 4. The molecule has 6 heteroatoms. The summed E-state index contributed by atoms with van der Waals surface area (Å²) in [5.74, 6) is -1.55. The molecule has 0 saturated heterocycles. The average molecular weight is 334 g/mol. The van der Waals surface area contributed by atoms with Gasteiger partial charge in [0.2, 0.25) is 0 Å². The smallest absolute Gasteiger partial charge is 0.151 e. The van der Waals surface area contributed by atoms with Crippen LogP contribution in [0.1, 0.15) is 0 Å². The lowest BCUT2D eigenvalue weighted by molar-refractivity contribution is 0.592. The maximum Gasteiger partial charge on any atom is 0.151 e. The lowest BCUT2D eigenvalue weighted by atomic mass is 10.2. The number of hydrogen-bond donors (Lipinski definition) is 2. The first-order valence-corrected chi connectivity index (χ1v) is 6.11. The first-order chi connectivity index (χ1) is 8.47. The van der Waals surface area contributed by atoms with Crippen LogP contribution in [0.2, 0.25) is 5.02 Å². The van der Waals surface area contributed by atoms with Crippen molar-refractivity contribution in [3.8, 4) is 0 Å². The highest BCUT2D eigenvalue weighted by Crippen LogP contribution is 2.31. The van der Waals surface area contributed by atoms with Crippen molar-refractivity contribution < 1.29 is 8.78 Å². The van der Waals surface area contributed by atoms with Crippen LogP contribution in [0, 0.1) is 11.6 Å². The summed E-state index contributed by atoms with van der Waals surface area (Å²) < 4.78 is 27.9. The van der Waals surface area contributed by atoms with Crippen LogP contribution >= 0.6 is 27.5 Å². The fraction of sp³-hybridized carbons (Fsp3) is 0. The molecule has 0 amide bonds. The first-order valence-electron chi connectivity index (χ1n) is 4.94. The normalized spacial score (nSPS) is 10.4. The van der Waals surface area contributed by atoms with Crippen LogP contribution in [0.15, 0.2) is 34.8 Å². The summed E-state index contributed by atoms with van der Waals surface area (Å²) in [5.41, 5.74) is 5.47. The second kappa shape index (κ2) is 5.12. The van der Waals surface area contributed by atoms with Gasteiger partial charge in [-0.1, -0.05) is 27.5 Å². The fourth-order valence-electron chi connectivity index (χ4n) is 1.44. The summed E-state index contributed by atoms with van der Waals surface area (Å²) in [6.07, 6.45) is 0. The van der Waals surface area contributed by atoms with E-state index in [1.807, 2.05) is 0 Å². The minimum Gasteiger partial charge on any atom is -0.399 e. The van der Waals surface area contributed by atoms with E-state index in [9.17, 15) is 8.78 Å². The molecule has 0 aromatic heterocycles. The molecule has 0 atom stereocenters. The van der Waals surface area contributed by atoms with Crippen LogP contribution in [0.3, 0.4) is 0 Å². The first kappa shape index (κ1) is 13.1. The largest absolute Gasteiger partial charge is 0.399 e. The average Bonchev–Trinajstić information content (AvgIpc) is 2.28. The molecule has 0 aliphatic carbocycles. The van der Waals surface area contributed by atoms with Crippen LogP contribution in [-0.2, 0) is 0 Å². The molecule has 0 radical (unpaired) electrons. The number of benzene rings is 2. The molecule has 2 nitrogen and oxygen atoms in total. The molecule has 0 aliphatic rings. The summed E-state index contributed by atoms with van der Waals surface area (Å²) >= 11 is 9.18. The maximum atomic E-state index is 13.6. The van der Waals surface area contributed by atoms with Crippen LogP contribution in [-0.4, -0.2) is 0 Å². The van der Waals surface area contributed by atoms with E-state index in [2.05, 4.69) is 21.2 Å². The molecule has 94 valence electrons. The second-order valence-electron chi connectivity index (χ2n) is 3.61. The van der Waals surface area contributed by atoms with E-state index in [-0.39, 0.29) is 11.4 Å². The number of rotatable bonds is 2. The molecule has 0 spiro atoms. The van der Waals surface area contributed by atoms with Crippen LogP contribution in [0.4, 0.5) is 25.8 Å². The van der Waals surface area contributed by atoms with Crippen molar-refractivity contribution in [3.63, 3.8) is 0 Å². The Bertz CT molecular complexity index is 582. The molecule has 3 N–H and O–H groups in total. The Hall–Kier alpha value is -1.33. The highest BCUT2D eigenvalue weighted by molar-refractivity contribution is 9.10. The van der Waals surface area contributed by atoms with Gasteiger partial charge >= 0.3 is 0 Å².